The van der Waals surface area contributed by atoms with Gasteiger partial charge in [0.15, 0.2) is 0 Å². The third-order valence-corrected chi connectivity index (χ3v) is 6.09. The van der Waals surface area contributed by atoms with Gasteiger partial charge in [0.25, 0.3) is 5.91 Å². The molecule has 2 aromatic heterocycles. The molecule has 1 aromatic carbocycles. The van der Waals surface area contributed by atoms with Crippen LogP contribution in [0.4, 0.5) is 10.7 Å². The van der Waals surface area contributed by atoms with Gasteiger partial charge in [-0.1, -0.05) is 12.1 Å². The van der Waals surface area contributed by atoms with Crippen LogP contribution in [0.3, 0.4) is 0 Å². The lowest BCUT2D eigenvalue weighted by Crippen LogP contribution is -2.12. The van der Waals surface area contributed by atoms with E-state index in [4.69, 9.17) is 0 Å². The number of anilines is 2. The van der Waals surface area contributed by atoms with Gasteiger partial charge >= 0.3 is 0 Å². The van der Waals surface area contributed by atoms with E-state index < -0.39 is 0 Å². The first-order valence-corrected chi connectivity index (χ1v) is 10.0. The SMILES string of the molecule is Cc1cc(NC(=O)C2CC2)sc1C(=O)Nc1cccc(-c2nccs2)c1. The maximum absolute atomic E-state index is 12.7. The highest BCUT2D eigenvalue weighted by molar-refractivity contribution is 7.18. The number of hydrogen-bond donors (Lipinski definition) is 2. The molecular formula is C19H17N3O2S2. The molecule has 132 valence electrons. The Morgan fingerprint density at radius 3 is 2.77 bits per heavy atom. The predicted octanol–water partition coefficient (Wildman–Crippen LogP) is 4.78. The number of rotatable bonds is 5. The maximum atomic E-state index is 12.7. The fourth-order valence-electron chi connectivity index (χ4n) is 2.62. The molecule has 0 atom stereocenters. The van der Waals surface area contributed by atoms with E-state index in [1.807, 2.05) is 42.6 Å². The highest BCUT2D eigenvalue weighted by Gasteiger charge is 2.30. The third kappa shape index (κ3) is 3.68. The van der Waals surface area contributed by atoms with E-state index in [2.05, 4.69) is 15.6 Å². The lowest BCUT2D eigenvalue weighted by Gasteiger charge is -2.06. The summed E-state index contributed by atoms with van der Waals surface area (Å²) in [4.78, 5) is 29.5. The molecule has 1 saturated carbocycles. The van der Waals surface area contributed by atoms with E-state index in [0.29, 0.717) is 4.88 Å². The van der Waals surface area contributed by atoms with Crippen LogP contribution in [-0.4, -0.2) is 16.8 Å². The quantitative estimate of drug-likeness (QED) is 0.666. The van der Waals surface area contributed by atoms with Crippen molar-refractivity contribution in [1.82, 2.24) is 4.98 Å². The molecule has 4 rings (SSSR count). The van der Waals surface area contributed by atoms with E-state index in [9.17, 15) is 9.59 Å². The number of thiophene rings is 1. The molecule has 1 aliphatic carbocycles. The van der Waals surface area contributed by atoms with Crippen molar-refractivity contribution >= 4 is 45.2 Å². The van der Waals surface area contributed by atoms with Gasteiger partial charge in [0.05, 0.1) is 9.88 Å². The van der Waals surface area contributed by atoms with Gasteiger partial charge in [-0.15, -0.1) is 22.7 Å². The molecule has 5 nitrogen and oxygen atoms in total. The number of benzene rings is 1. The number of carbonyl (C=O) groups excluding carboxylic acids is 2. The minimum atomic E-state index is -0.171. The van der Waals surface area contributed by atoms with E-state index in [1.54, 1.807) is 17.5 Å². The number of nitrogens with zero attached hydrogens (tertiary/aromatic N) is 1. The van der Waals surface area contributed by atoms with Crippen molar-refractivity contribution in [1.29, 1.82) is 0 Å². The molecule has 0 aliphatic heterocycles. The molecule has 26 heavy (non-hydrogen) atoms. The van der Waals surface area contributed by atoms with Crippen molar-refractivity contribution in [2.45, 2.75) is 19.8 Å². The van der Waals surface area contributed by atoms with Gasteiger partial charge in [-0.05, 0) is 43.5 Å². The number of aromatic nitrogens is 1. The predicted molar refractivity (Wildman–Crippen MR) is 106 cm³/mol. The molecule has 0 saturated heterocycles. The molecule has 0 spiro atoms. The molecule has 1 fully saturated rings. The van der Waals surface area contributed by atoms with Crippen molar-refractivity contribution in [2.75, 3.05) is 10.6 Å². The molecule has 2 amide bonds. The van der Waals surface area contributed by atoms with Crippen LogP contribution < -0.4 is 10.6 Å². The van der Waals surface area contributed by atoms with Crippen LogP contribution in [-0.2, 0) is 4.79 Å². The van der Waals surface area contributed by atoms with Crippen LogP contribution >= 0.6 is 22.7 Å². The zero-order valence-electron chi connectivity index (χ0n) is 14.1. The van der Waals surface area contributed by atoms with Crippen LogP contribution in [0.5, 0.6) is 0 Å². The lowest BCUT2D eigenvalue weighted by molar-refractivity contribution is -0.117. The Morgan fingerprint density at radius 2 is 2.04 bits per heavy atom. The number of carbonyl (C=O) groups is 2. The Balaban J connectivity index is 1.49. The monoisotopic (exact) mass is 383 g/mol. The van der Waals surface area contributed by atoms with Gasteiger partial charge < -0.3 is 10.6 Å². The van der Waals surface area contributed by atoms with Crippen LogP contribution in [0.1, 0.15) is 28.1 Å². The van der Waals surface area contributed by atoms with Gasteiger partial charge in [0.2, 0.25) is 5.91 Å². The van der Waals surface area contributed by atoms with Gasteiger partial charge in [-0.25, -0.2) is 4.98 Å². The molecule has 3 aromatic rings. The first-order chi connectivity index (χ1) is 12.6. The highest BCUT2D eigenvalue weighted by atomic mass is 32.1. The molecule has 0 unspecified atom stereocenters. The largest absolute Gasteiger partial charge is 0.321 e. The zero-order chi connectivity index (χ0) is 18.1. The first-order valence-electron chi connectivity index (χ1n) is 8.33. The van der Waals surface area contributed by atoms with Gasteiger partial charge in [-0.3, -0.25) is 9.59 Å². The second-order valence-corrected chi connectivity index (χ2v) is 8.21. The van der Waals surface area contributed by atoms with Crippen LogP contribution in [0.2, 0.25) is 0 Å². The minimum Gasteiger partial charge on any atom is -0.321 e. The summed E-state index contributed by atoms with van der Waals surface area (Å²) in [5, 5.41) is 9.41. The number of aryl methyl sites for hydroxylation is 1. The summed E-state index contributed by atoms with van der Waals surface area (Å²) >= 11 is 2.86. The smallest absolute Gasteiger partial charge is 0.266 e. The molecular weight excluding hydrogens is 366 g/mol. The standard InChI is InChI=1S/C19H17N3O2S2/c1-11-9-15(22-17(23)12-5-6-12)26-16(11)18(24)21-14-4-2-3-13(10-14)19-20-7-8-25-19/h2-4,7-10,12H,5-6H2,1H3,(H,21,24)(H,22,23). The van der Waals surface area contributed by atoms with Gasteiger partial charge in [-0.2, -0.15) is 0 Å². The van der Waals surface area contributed by atoms with Crippen molar-refractivity contribution in [3.63, 3.8) is 0 Å². The molecule has 7 heteroatoms. The van der Waals surface area contributed by atoms with Gasteiger partial charge in [0, 0.05) is 28.7 Å². The maximum Gasteiger partial charge on any atom is 0.266 e. The van der Waals surface area contributed by atoms with Crippen molar-refractivity contribution in [3.8, 4) is 10.6 Å². The molecule has 2 N–H and O–H groups in total. The number of thiazole rings is 1. The average molecular weight is 383 g/mol. The van der Waals surface area contributed by atoms with Crippen LogP contribution in [0, 0.1) is 12.8 Å². The number of nitrogens with one attached hydrogen (secondary N) is 2. The van der Waals surface area contributed by atoms with Gasteiger partial charge in [0.1, 0.15) is 5.01 Å². The summed E-state index contributed by atoms with van der Waals surface area (Å²) in [5.41, 5.74) is 2.55. The van der Waals surface area contributed by atoms with E-state index >= 15 is 0 Å². The van der Waals surface area contributed by atoms with Crippen molar-refractivity contribution in [3.05, 3.63) is 52.3 Å². The number of hydrogen-bond acceptors (Lipinski definition) is 5. The lowest BCUT2D eigenvalue weighted by atomic mass is 10.2. The molecule has 1 aliphatic rings. The first kappa shape index (κ1) is 16.9. The van der Waals surface area contributed by atoms with E-state index in [1.165, 1.54) is 11.3 Å². The van der Waals surface area contributed by atoms with Crippen LogP contribution in [0.15, 0.2) is 41.9 Å². The van der Waals surface area contributed by atoms with Crippen molar-refractivity contribution < 1.29 is 9.59 Å². The summed E-state index contributed by atoms with van der Waals surface area (Å²) < 4.78 is 0. The summed E-state index contributed by atoms with van der Waals surface area (Å²) in [7, 11) is 0. The van der Waals surface area contributed by atoms with Crippen molar-refractivity contribution in [2.24, 2.45) is 5.92 Å². The van der Waals surface area contributed by atoms with Crippen LogP contribution in [0.25, 0.3) is 10.6 Å². The second-order valence-electron chi connectivity index (χ2n) is 6.26. The Labute approximate surface area is 159 Å². The molecule has 0 bridgehead atoms. The second kappa shape index (κ2) is 7.01. The fourth-order valence-corrected chi connectivity index (χ4v) is 4.23. The average Bonchev–Trinajstić information content (AvgIpc) is 3.20. The van der Waals surface area contributed by atoms with E-state index in [-0.39, 0.29) is 17.7 Å². The third-order valence-electron chi connectivity index (χ3n) is 4.12. The Kier molecular flexibility index (Phi) is 4.57. The Hall–Kier alpha value is -2.51. The fraction of sp³-hybridized carbons (Fsp3) is 0.211. The number of amides is 2. The normalized spacial score (nSPS) is 13.4. The summed E-state index contributed by atoms with van der Waals surface area (Å²) in [6.45, 7) is 1.88. The Bertz CT molecular complexity index is 959. The summed E-state index contributed by atoms with van der Waals surface area (Å²) in [6, 6.07) is 9.49. The zero-order valence-corrected chi connectivity index (χ0v) is 15.7. The molecule has 2 heterocycles. The van der Waals surface area contributed by atoms with E-state index in [0.717, 1.165) is 39.7 Å². The molecule has 0 radical (unpaired) electrons. The Morgan fingerprint density at radius 1 is 1.19 bits per heavy atom. The summed E-state index contributed by atoms with van der Waals surface area (Å²) in [6.07, 6.45) is 3.68. The summed E-state index contributed by atoms with van der Waals surface area (Å²) in [5.74, 6) is 0.0216. The topological polar surface area (TPSA) is 71.1 Å². The minimum absolute atomic E-state index is 0.0503. The highest BCUT2D eigenvalue weighted by Crippen LogP contribution is 2.33.